The number of hydrogen-bond donors (Lipinski definition) is 2. The van der Waals surface area contributed by atoms with Gasteiger partial charge in [-0.1, -0.05) is 6.07 Å². The van der Waals surface area contributed by atoms with Gasteiger partial charge < -0.3 is 10.6 Å². The molecule has 2 N–H and O–H groups in total. The molecule has 1 aliphatic carbocycles. The lowest BCUT2D eigenvalue weighted by atomic mass is 9.99. The van der Waals surface area contributed by atoms with Gasteiger partial charge in [-0.15, -0.1) is 0 Å². The number of halogens is 5. The van der Waals surface area contributed by atoms with Crippen LogP contribution in [0.4, 0.5) is 22.0 Å². The molecule has 0 radical (unpaired) electrons. The van der Waals surface area contributed by atoms with Gasteiger partial charge in [-0.2, -0.15) is 17.5 Å². The van der Waals surface area contributed by atoms with Crippen molar-refractivity contribution in [2.75, 3.05) is 13.1 Å². The number of alkyl halides is 4. The van der Waals surface area contributed by atoms with E-state index in [1.54, 1.807) is 6.08 Å². The lowest BCUT2D eigenvalue weighted by Crippen LogP contribution is -2.46. The Balaban J connectivity index is 1.31. The molecule has 0 bridgehead atoms. The Hall–Kier alpha value is -3.39. The minimum atomic E-state index is -4.57. The summed E-state index contributed by atoms with van der Waals surface area (Å²) in [5, 5.41) is 5.51. The van der Waals surface area contributed by atoms with Gasteiger partial charge in [0.25, 0.3) is 0 Å². The van der Waals surface area contributed by atoms with Crippen molar-refractivity contribution in [3.05, 3.63) is 71.4 Å². The van der Waals surface area contributed by atoms with Crippen LogP contribution in [0.25, 0.3) is 0 Å². The molecule has 2 fully saturated rings. The van der Waals surface area contributed by atoms with Crippen LogP contribution in [0.5, 0.6) is 0 Å². The average molecular weight is 570 g/mol. The van der Waals surface area contributed by atoms with Crippen LogP contribution < -0.4 is 10.6 Å². The zero-order valence-electron chi connectivity index (χ0n) is 20.5. The Labute approximate surface area is 221 Å². The minimum absolute atomic E-state index is 0.0138. The summed E-state index contributed by atoms with van der Waals surface area (Å²) in [7, 11) is -4.23. The number of nitrogens with zero attached hydrogens (tertiary/aromatic N) is 3. The number of aromatic nitrogens is 1. The fraction of sp³-hybridized carbons (Fsp3) is 0.400. The lowest BCUT2D eigenvalue weighted by Gasteiger charge is -2.24. The Morgan fingerprint density at radius 2 is 1.90 bits per heavy atom. The van der Waals surface area contributed by atoms with Gasteiger partial charge in [0.2, 0.25) is 15.9 Å². The van der Waals surface area contributed by atoms with E-state index in [0.29, 0.717) is 11.3 Å². The first-order chi connectivity index (χ1) is 18.2. The maximum atomic E-state index is 14.9. The summed E-state index contributed by atoms with van der Waals surface area (Å²) in [5.41, 5.74) is -2.78. The van der Waals surface area contributed by atoms with Gasteiger partial charge in [0.15, 0.2) is 0 Å². The van der Waals surface area contributed by atoms with E-state index in [2.05, 4.69) is 20.6 Å². The van der Waals surface area contributed by atoms with E-state index in [-0.39, 0.29) is 30.8 Å². The summed E-state index contributed by atoms with van der Waals surface area (Å²) in [6.07, 6.45) is -0.475. The molecule has 4 atom stereocenters. The molecule has 1 saturated carbocycles. The van der Waals surface area contributed by atoms with Crippen LogP contribution in [-0.2, 0) is 21.0 Å². The summed E-state index contributed by atoms with van der Waals surface area (Å²) in [5.74, 6) is -1.26. The summed E-state index contributed by atoms with van der Waals surface area (Å²) in [6.45, 7) is 1.12. The molecule has 1 spiro atoms. The molecule has 3 aliphatic rings. The highest BCUT2D eigenvalue weighted by Gasteiger charge is 2.71. The highest BCUT2D eigenvalue weighted by Crippen LogP contribution is 2.65. The number of rotatable bonds is 6. The Morgan fingerprint density at radius 3 is 2.49 bits per heavy atom. The van der Waals surface area contributed by atoms with Crippen LogP contribution in [0.1, 0.15) is 37.1 Å². The fourth-order valence-electron chi connectivity index (χ4n) is 5.08. The molecule has 1 aromatic heterocycles. The number of amides is 1. The van der Waals surface area contributed by atoms with E-state index in [4.69, 9.17) is 0 Å². The molecule has 2 aromatic rings. The maximum Gasteiger partial charge on any atom is 0.433 e. The number of hydrogen-bond acceptors (Lipinski definition) is 6. The molecule has 39 heavy (non-hydrogen) atoms. The quantitative estimate of drug-likeness (QED) is 0.519. The molecular formula is C25H24F5N5O3S. The van der Waals surface area contributed by atoms with Crippen LogP contribution in [0.15, 0.2) is 64.3 Å². The molecule has 1 amide bonds. The smallest absolute Gasteiger partial charge is 0.349 e. The van der Waals surface area contributed by atoms with Crippen molar-refractivity contribution < 1.29 is 35.2 Å². The normalized spacial score (nSPS) is 28.7. The lowest BCUT2D eigenvalue weighted by molar-refractivity contribution is -0.141. The van der Waals surface area contributed by atoms with Gasteiger partial charge in [-0.3, -0.25) is 14.8 Å². The van der Waals surface area contributed by atoms with Crippen molar-refractivity contribution in [1.82, 2.24) is 19.9 Å². The summed E-state index contributed by atoms with van der Waals surface area (Å²) >= 11 is 0. The summed E-state index contributed by atoms with van der Waals surface area (Å²) < 4.78 is 94.4. The average Bonchev–Trinajstić information content (AvgIpc) is 3.20. The number of nitrogens with one attached hydrogen (secondary N) is 2. The van der Waals surface area contributed by atoms with Crippen LogP contribution in [-0.4, -0.2) is 54.8 Å². The SMILES string of the molecule is CC1(F)CC12CC(C(=O)NCC1=CC(c3ccc(C(F)(F)F)nc3)N=CN1)N(S(=O)(=O)c1ccc(F)cc1)C2. The highest BCUT2D eigenvalue weighted by atomic mass is 32.2. The second-order valence-corrected chi connectivity index (χ2v) is 12.0. The monoisotopic (exact) mass is 569 g/mol. The van der Waals surface area contributed by atoms with Gasteiger partial charge in [0, 0.05) is 23.9 Å². The minimum Gasteiger partial charge on any atom is -0.349 e. The maximum absolute atomic E-state index is 14.9. The first-order valence-corrected chi connectivity index (χ1v) is 13.4. The molecular weight excluding hydrogens is 545 g/mol. The first kappa shape index (κ1) is 27.2. The predicted molar refractivity (Wildman–Crippen MR) is 130 cm³/mol. The molecule has 14 heteroatoms. The van der Waals surface area contributed by atoms with Gasteiger partial charge in [-0.05, 0) is 61.7 Å². The topological polar surface area (TPSA) is 104 Å². The second kappa shape index (κ2) is 9.37. The largest absolute Gasteiger partial charge is 0.433 e. The van der Waals surface area contributed by atoms with E-state index in [1.165, 1.54) is 19.3 Å². The number of carbonyl (C=O) groups is 1. The van der Waals surface area contributed by atoms with Crippen molar-refractivity contribution >= 4 is 22.3 Å². The van der Waals surface area contributed by atoms with Gasteiger partial charge in [0.05, 0.1) is 23.8 Å². The zero-order valence-corrected chi connectivity index (χ0v) is 21.4. The van der Waals surface area contributed by atoms with Crippen LogP contribution >= 0.6 is 0 Å². The summed E-state index contributed by atoms with van der Waals surface area (Å²) in [4.78, 5) is 20.6. The molecule has 8 nitrogen and oxygen atoms in total. The van der Waals surface area contributed by atoms with Crippen LogP contribution in [0, 0.1) is 11.2 Å². The number of aliphatic imine (C=N–C) groups is 1. The molecule has 208 valence electrons. The third-order valence-corrected chi connectivity index (χ3v) is 9.35. The van der Waals surface area contributed by atoms with Crippen molar-refractivity contribution in [1.29, 1.82) is 0 Å². The number of sulfonamides is 1. The van der Waals surface area contributed by atoms with Crippen molar-refractivity contribution in [2.24, 2.45) is 10.4 Å². The number of carbonyl (C=O) groups excluding carboxylic acids is 1. The standard InChI is InChI=1S/C25H24F5N5O3S/c1-23(27)12-24(23)9-20(35(13-24)39(37,38)18-5-3-16(26)4-6-18)22(36)32-11-17-8-19(34-14-33-17)15-2-7-21(31-10-15)25(28,29)30/h2-8,10,14,19-20H,9,11-13H2,1H3,(H,32,36)(H,33,34). The van der Waals surface area contributed by atoms with Crippen molar-refractivity contribution in [2.45, 2.75) is 48.6 Å². The van der Waals surface area contributed by atoms with E-state index in [0.717, 1.165) is 40.8 Å². The Morgan fingerprint density at radius 1 is 1.21 bits per heavy atom. The third kappa shape index (κ3) is 5.14. The van der Waals surface area contributed by atoms with E-state index >= 15 is 0 Å². The molecule has 5 rings (SSSR count). The number of benzene rings is 1. The second-order valence-electron chi connectivity index (χ2n) is 10.1. The molecule has 2 aliphatic heterocycles. The van der Waals surface area contributed by atoms with Crippen LogP contribution in [0.2, 0.25) is 0 Å². The predicted octanol–water partition coefficient (Wildman–Crippen LogP) is 3.49. The molecule has 3 heterocycles. The third-order valence-electron chi connectivity index (χ3n) is 7.48. The van der Waals surface area contributed by atoms with E-state index in [9.17, 15) is 35.2 Å². The van der Waals surface area contributed by atoms with Crippen molar-refractivity contribution in [3.8, 4) is 0 Å². The zero-order chi connectivity index (χ0) is 28.2. The van der Waals surface area contributed by atoms with Crippen LogP contribution in [0.3, 0.4) is 0 Å². The molecule has 4 unspecified atom stereocenters. The fourth-order valence-corrected chi connectivity index (χ4v) is 6.76. The van der Waals surface area contributed by atoms with E-state index < -0.39 is 56.8 Å². The van der Waals surface area contributed by atoms with Gasteiger partial charge in [0.1, 0.15) is 23.2 Å². The first-order valence-electron chi connectivity index (χ1n) is 12.0. The highest BCUT2D eigenvalue weighted by molar-refractivity contribution is 7.89. The Kier molecular flexibility index (Phi) is 6.53. The Bertz CT molecular complexity index is 1440. The number of pyridine rings is 1. The molecule has 1 saturated heterocycles. The van der Waals surface area contributed by atoms with E-state index in [1.807, 2.05) is 0 Å². The van der Waals surface area contributed by atoms with Gasteiger partial charge in [-0.25, -0.2) is 17.2 Å². The van der Waals surface area contributed by atoms with Gasteiger partial charge >= 0.3 is 6.18 Å². The van der Waals surface area contributed by atoms with Crippen molar-refractivity contribution in [3.63, 3.8) is 0 Å². The summed E-state index contributed by atoms with van der Waals surface area (Å²) in [6, 6.07) is 4.45. The molecule has 1 aromatic carbocycles.